The van der Waals surface area contributed by atoms with E-state index in [1.807, 2.05) is 43.3 Å². The summed E-state index contributed by atoms with van der Waals surface area (Å²) in [5.41, 5.74) is 0.158. The molecule has 0 radical (unpaired) electrons. The highest BCUT2D eigenvalue weighted by Crippen LogP contribution is 2.23. The zero-order valence-corrected chi connectivity index (χ0v) is 11.0. The van der Waals surface area contributed by atoms with Crippen LogP contribution < -0.4 is 5.43 Å². The Morgan fingerprint density at radius 3 is 2.65 bits per heavy atom. The quantitative estimate of drug-likeness (QED) is 0.726. The first-order valence-corrected chi connectivity index (χ1v) is 6.41. The molecule has 2 aromatic carbocycles. The maximum atomic E-state index is 12.5. The molecule has 0 aliphatic carbocycles. The smallest absolute Gasteiger partial charge is 0.341 e. The lowest BCUT2D eigenvalue weighted by atomic mass is 10.0. The molecular formula is C16H13NO3. The van der Waals surface area contributed by atoms with Crippen molar-refractivity contribution in [2.75, 3.05) is 0 Å². The number of aromatic carboxylic acids is 1. The number of hydrogen-bond acceptors (Lipinski definition) is 2. The third-order valence-corrected chi connectivity index (χ3v) is 3.54. The van der Waals surface area contributed by atoms with E-state index in [9.17, 15) is 14.7 Å². The lowest BCUT2D eigenvalue weighted by molar-refractivity contribution is 0.0695. The van der Waals surface area contributed by atoms with Crippen LogP contribution in [0.25, 0.3) is 21.7 Å². The standard InChI is InChI=1S/C16H13NO3/c1-2-17-9-12(16(19)20)15(18)14-11-6-4-3-5-10(11)7-8-13(14)17/h3-9H,2H2,1H3,(H,19,20). The molecule has 3 rings (SSSR count). The molecule has 0 bridgehead atoms. The van der Waals surface area contributed by atoms with Gasteiger partial charge in [0.15, 0.2) is 0 Å². The van der Waals surface area contributed by atoms with Crippen molar-refractivity contribution in [2.45, 2.75) is 13.5 Å². The summed E-state index contributed by atoms with van der Waals surface area (Å²) in [5.74, 6) is -1.19. The molecular weight excluding hydrogens is 254 g/mol. The number of pyridine rings is 1. The fourth-order valence-electron chi connectivity index (χ4n) is 2.57. The van der Waals surface area contributed by atoms with Crippen LogP contribution in [0.4, 0.5) is 0 Å². The van der Waals surface area contributed by atoms with Crippen LogP contribution in [0.2, 0.25) is 0 Å². The van der Waals surface area contributed by atoms with Crippen molar-refractivity contribution in [3.05, 3.63) is 58.4 Å². The lowest BCUT2D eigenvalue weighted by Crippen LogP contribution is -2.18. The van der Waals surface area contributed by atoms with Crippen LogP contribution in [0.15, 0.2) is 47.4 Å². The third kappa shape index (κ3) is 1.69. The lowest BCUT2D eigenvalue weighted by Gasteiger charge is -2.11. The highest BCUT2D eigenvalue weighted by atomic mass is 16.4. The van der Waals surface area contributed by atoms with E-state index in [2.05, 4.69) is 0 Å². The van der Waals surface area contributed by atoms with Gasteiger partial charge in [-0.15, -0.1) is 0 Å². The van der Waals surface area contributed by atoms with Gasteiger partial charge in [0.2, 0.25) is 5.43 Å². The van der Waals surface area contributed by atoms with Crippen LogP contribution >= 0.6 is 0 Å². The summed E-state index contributed by atoms with van der Waals surface area (Å²) in [6, 6.07) is 11.3. The van der Waals surface area contributed by atoms with E-state index >= 15 is 0 Å². The Hall–Kier alpha value is -2.62. The SMILES string of the molecule is CCn1cc(C(=O)O)c(=O)c2c3ccccc3ccc21. The Balaban J connectivity index is 2.62. The monoisotopic (exact) mass is 267 g/mol. The normalized spacial score (nSPS) is 11.1. The van der Waals surface area contributed by atoms with E-state index in [1.54, 1.807) is 4.57 Å². The number of rotatable bonds is 2. The molecule has 0 aliphatic heterocycles. The number of benzene rings is 2. The van der Waals surface area contributed by atoms with Crippen LogP contribution in [0.1, 0.15) is 17.3 Å². The van der Waals surface area contributed by atoms with Crippen molar-refractivity contribution >= 4 is 27.6 Å². The second-order valence-electron chi connectivity index (χ2n) is 4.64. The molecule has 3 aromatic rings. The van der Waals surface area contributed by atoms with E-state index in [4.69, 9.17) is 0 Å². The highest BCUT2D eigenvalue weighted by molar-refractivity contribution is 6.08. The molecule has 0 saturated carbocycles. The van der Waals surface area contributed by atoms with E-state index in [0.29, 0.717) is 11.9 Å². The van der Waals surface area contributed by atoms with Gasteiger partial charge >= 0.3 is 5.97 Å². The van der Waals surface area contributed by atoms with Gasteiger partial charge in [-0.05, 0) is 23.8 Å². The van der Waals surface area contributed by atoms with Crippen molar-refractivity contribution in [3.8, 4) is 0 Å². The van der Waals surface area contributed by atoms with Crippen molar-refractivity contribution < 1.29 is 9.90 Å². The molecule has 1 aromatic heterocycles. The highest BCUT2D eigenvalue weighted by Gasteiger charge is 2.15. The first-order chi connectivity index (χ1) is 9.63. The maximum Gasteiger partial charge on any atom is 0.341 e. The Kier molecular flexibility index (Phi) is 2.79. The Morgan fingerprint density at radius 1 is 1.20 bits per heavy atom. The van der Waals surface area contributed by atoms with E-state index in [0.717, 1.165) is 16.3 Å². The summed E-state index contributed by atoms with van der Waals surface area (Å²) in [7, 11) is 0. The van der Waals surface area contributed by atoms with Crippen LogP contribution in [-0.2, 0) is 6.54 Å². The van der Waals surface area contributed by atoms with Gasteiger partial charge in [-0.3, -0.25) is 4.79 Å². The first kappa shape index (κ1) is 12.4. The van der Waals surface area contributed by atoms with Gasteiger partial charge in [0.05, 0.1) is 10.9 Å². The summed E-state index contributed by atoms with van der Waals surface area (Å²) >= 11 is 0. The summed E-state index contributed by atoms with van der Waals surface area (Å²) < 4.78 is 1.80. The average molecular weight is 267 g/mol. The average Bonchev–Trinajstić information content (AvgIpc) is 2.46. The molecule has 20 heavy (non-hydrogen) atoms. The summed E-state index contributed by atoms with van der Waals surface area (Å²) in [5, 5.41) is 11.4. The van der Waals surface area contributed by atoms with Crippen molar-refractivity contribution in [1.29, 1.82) is 0 Å². The Bertz CT molecular complexity index is 893. The van der Waals surface area contributed by atoms with Gasteiger partial charge in [-0.25, -0.2) is 4.79 Å². The van der Waals surface area contributed by atoms with E-state index in [1.165, 1.54) is 6.20 Å². The molecule has 1 heterocycles. The molecule has 0 saturated heterocycles. The summed E-state index contributed by atoms with van der Waals surface area (Å²) in [6.07, 6.45) is 1.42. The van der Waals surface area contributed by atoms with Crippen LogP contribution in [0, 0.1) is 0 Å². The number of carboxylic acid groups (broad SMARTS) is 1. The Labute approximate surface area is 114 Å². The van der Waals surface area contributed by atoms with Crippen LogP contribution in [0.5, 0.6) is 0 Å². The second kappa shape index (κ2) is 4.49. The molecule has 0 fully saturated rings. The van der Waals surface area contributed by atoms with Crippen molar-refractivity contribution in [2.24, 2.45) is 0 Å². The minimum Gasteiger partial charge on any atom is -0.477 e. The third-order valence-electron chi connectivity index (χ3n) is 3.54. The molecule has 0 amide bonds. The van der Waals surface area contributed by atoms with E-state index < -0.39 is 11.4 Å². The van der Waals surface area contributed by atoms with Gasteiger partial charge in [0.25, 0.3) is 0 Å². The van der Waals surface area contributed by atoms with Gasteiger partial charge < -0.3 is 9.67 Å². The van der Waals surface area contributed by atoms with Crippen molar-refractivity contribution in [3.63, 3.8) is 0 Å². The molecule has 0 unspecified atom stereocenters. The number of carboxylic acids is 1. The molecule has 0 spiro atoms. The zero-order chi connectivity index (χ0) is 14.3. The second-order valence-corrected chi connectivity index (χ2v) is 4.64. The van der Waals surface area contributed by atoms with Crippen LogP contribution in [0.3, 0.4) is 0 Å². The number of carbonyl (C=O) groups is 1. The Morgan fingerprint density at radius 2 is 1.95 bits per heavy atom. The van der Waals surface area contributed by atoms with Crippen LogP contribution in [-0.4, -0.2) is 15.6 Å². The predicted molar refractivity (Wildman–Crippen MR) is 78.3 cm³/mol. The first-order valence-electron chi connectivity index (χ1n) is 6.41. The largest absolute Gasteiger partial charge is 0.477 e. The maximum absolute atomic E-state index is 12.5. The van der Waals surface area contributed by atoms with Gasteiger partial charge in [-0.1, -0.05) is 30.3 Å². The molecule has 4 heteroatoms. The van der Waals surface area contributed by atoms with E-state index in [-0.39, 0.29) is 5.56 Å². The molecule has 1 N–H and O–H groups in total. The topological polar surface area (TPSA) is 59.3 Å². The summed E-state index contributed by atoms with van der Waals surface area (Å²) in [4.78, 5) is 23.7. The minimum absolute atomic E-state index is 0.185. The number of hydrogen-bond donors (Lipinski definition) is 1. The van der Waals surface area contributed by atoms with Gasteiger partial charge in [0.1, 0.15) is 5.56 Å². The predicted octanol–water partition coefficient (Wildman–Crippen LogP) is 2.87. The van der Waals surface area contributed by atoms with Gasteiger partial charge in [-0.2, -0.15) is 0 Å². The number of aromatic nitrogens is 1. The minimum atomic E-state index is -1.19. The van der Waals surface area contributed by atoms with Crippen molar-refractivity contribution in [1.82, 2.24) is 4.57 Å². The number of fused-ring (bicyclic) bond motifs is 3. The number of aryl methyl sites for hydroxylation is 1. The summed E-state index contributed by atoms with van der Waals surface area (Å²) in [6.45, 7) is 2.53. The molecule has 4 nitrogen and oxygen atoms in total. The van der Waals surface area contributed by atoms with Gasteiger partial charge in [0, 0.05) is 12.7 Å². The molecule has 100 valence electrons. The fourth-order valence-corrected chi connectivity index (χ4v) is 2.57. The number of nitrogens with zero attached hydrogens (tertiary/aromatic N) is 1. The zero-order valence-electron chi connectivity index (χ0n) is 11.0. The molecule has 0 atom stereocenters. The fraction of sp³-hybridized carbons (Fsp3) is 0.125. The molecule has 0 aliphatic rings.